The maximum absolute atomic E-state index is 14.0. The molecule has 2 atom stereocenters. The van der Waals surface area contributed by atoms with E-state index in [1.54, 1.807) is 6.07 Å². The van der Waals surface area contributed by atoms with Gasteiger partial charge in [-0.25, -0.2) is 4.39 Å². The fourth-order valence-electron chi connectivity index (χ4n) is 2.37. The summed E-state index contributed by atoms with van der Waals surface area (Å²) in [4.78, 5) is 0. The summed E-state index contributed by atoms with van der Waals surface area (Å²) in [6.45, 7) is 9.58. The average Bonchev–Trinajstić information content (AvgIpc) is 2.28. The van der Waals surface area contributed by atoms with Crippen molar-refractivity contribution in [2.45, 2.75) is 46.1 Å². The van der Waals surface area contributed by atoms with E-state index in [2.05, 4.69) is 48.9 Å². The quantitative estimate of drug-likeness (QED) is 0.801. The molecule has 1 aromatic carbocycles. The Hall–Kier alpha value is -0.410. The lowest BCUT2D eigenvalue weighted by atomic mass is 9.86. The van der Waals surface area contributed by atoms with E-state index in [9.17, 15) is 4.39 Å². The Bertz CT molecular complexity index is 379. The minimum absolute atomic E-state index is 0.124. The molecule has 3 heteroatoms. The van der Waals surface area contributed by atoms with Crippen LogP contribution in [-0.2, 0) is 0 Å². The zero-order valence-corrected chi connectivity index (χ0v) is 13.2. The summed E-state index contributed by atoms with van der Waals surface area (Å²) < 4.78 is 14.8. The van der Waals surface area contributed by atoms with Gasteiger partial charge in [-0.3, -0.25) is 0 Å². The van der Waals surface area contributed by atoms with E-state index in [0.29, 0.717) is 12.0 Å². The van der Waals surface area contributed by atoms with Crippen molar-refractivity contribution >= 4 is 15.9 Å². The van der Waals surface area contributed by atoms with Crippen LogP contribution in [0.2, 0.25) is 0 Å². The van der Waals surface area contributed by atoms with Gasteiger partial charge in [0.2, 0.25) is 0 Å². The standard InChI is InChI=1S/C15H23BrFN/c1-5-8-18-15(10(2)3)11(4)13-7-6-12(16)9-14(13)17/h6-7,9-11,15,18H,5,8H2,1-4H3. The normalized spacial score (nSPS) is 14.8. The second-order valence-electron chi connectivity index (χ2n) is 5.18. The smallest absolute Gasteiger partial charge is 0.127 e. The minimum atomic E-state index is -0.124. The van der Waals surface area contributed by atoms with Crippen LogP contribution < -0.4 is 5.32 Å². The van der Waals surface area contributed by atoms with Gasteiger partial charge >= 0.3 is 0 Å². The van der Waals surface area contributed by atoms with Crippen LogP contribution in [0, 0.1) is 11.7 Å². The van der Waals surface area contributed by atoms with Gasteiger partial charge in [0, 0.05) is 10.5 Å². The molecule has 0 amide bonds. The Labute approximate surface area is 118 Å². The summed E-state index contributed by atoms with van der Waals surface area (Å²) in [5.41, 5.74) is 0.792. The molecule has 0 bridgehead atoms. The Balaban J connectivity index is 2.90. The highest BCUT2D eigenvalue weighted by atomic mass is 79.9. The lowest BCUT2D eigenvalue weighted by Crippen LogP contribution is -2.39. The van der Waals surface area contributed by atoms with Gasteiger partial charge in [-0.1, -0.05) is 49.7 Å². The van der Waals surface area contributed by atoms with Crippen molar-refractivity contribution in [2.75, 3.05) is 6.54 Å². The van der Waals surface area contributed by atoms with Gasteiger partial charge in [0.15, 0.2) is 0 Å². The monoisotopic (exact) mass is 315 g/mol. The zero-order chi connectivity index (χ0) is 13.7. The molecule has 102 valence electrons. The van der Waals surface area contributed by atoms with Crippen molar-refractivity contribution in [2.24, 2.45) is 5.92 Å². The molecular formula is C15H23BrFN. The largest absolute Gasteiger partial charge is 0.313 e. The van der Waals surface area contributed by atoms with Crippen molar-refractivity contribution in [3.8, 4) is 0 Å². The van der Waals surface area contributed by atoms with Crippen LogP contribution in [0.4, 0.5) is 4.39 Å². The third-order valence-electron chi connectivity index (χ3n) is 3.34. The second kappa shape index (κ2) is 7.25. The summed E-state index contributed by atoms with van der Waals surface area (Å²) in [5.74, 6) is 0.528. The first-order valence-electron chi connectivity index (χ1n) is 6.65. The number of benzene rings is 1. The molecular weight excluding hydrogens is 293 g/mol. The first-order valence-corrected chi connectivity index (χ1v) is 7.45. The molecule has 0 saturated carbocycles. The lowest BCUT2D eigenvalue weighted by molar-refractivity contribution is 0.348. The van der Waals surface area contributed by atoms with Gasteiger partial charge in [0.1, 0.15) is 5.82 Å². The van der Waals surface area contributed by atoms with Crippen LogP contribution in [0.15, 0.2) is 22.7 Å². The lowest BCUT2D eigenvalue weighted by Gasteiger charge is -2.29. The number of hydrogen-bond acceptors (Lipinski definition) is 1. The van der Waals surface area contributed by atoms with E-state index in [0.717, 1.165) is 23.0 Å². The molecule has 18 heavy (non-hydrogen) atoms. The van der Waals surface area contributed by atoms with E-state index in [4.69, 9.17) is 0 Å². The van der Waals surface area contributed by atoms with E-state index in [1.165, 1.54) is 0 Å². The van der Waals surface area contributed by atoms with Gasteiger partial charge < -0.3 is 5.32 Å². The predicted octanol–water partition coefficient (Wildman–Crippen LogP) is 4.72. The van der Waals surface area contributed by atoms with Crippen LogP contribution in [0.3, 0.4) is 0 Å². The molecule has 0 aliphatic rings. The Morgan fingerprint density at radius 3 is 2.44 bits per heavy atom. The van der Waals surface area contributed by atoms with Crippen LogP contribution in [0.1, 0.15) is 45.6 Å². The average molecular weight is 316 g/mol. The number of hydrogen-bond donors (Lipinski definition) is 1. The van der Waals surface area contributed by atoms with Gasteiger partial charge in [0.25, 0.3) is 0 Å². The molecule has 0 aliphatic carbocycles. The van der Waals surface area contributed by atoms with Gasteiger partial charge in [0.05, 0.1) is 0 Å². The fraction of sp³-hybridized carbons (Fsp3) is 0.600. The third-order valence-corrected chi connectivity index (χ3v) is 3.83. The SMILES string of the molecule is CCCNC(C(C)C)C(C)c1ccc(Br)cc1F. The van der Waals surface area contributed by atoms with Crippen molar-refractivity contribution in [3.63, 3.8) is 0 Å². The molecule has 0 aliphatic heterocycles. The molecule has 0 spiro atoms. The first-order chi connectivity index (χ1) is 8.47. The number of rotatable bonds is 6. The fourth-order valence-corrected chi connectivity index (χ4v) is 2.70. The molecule has 2 unspecified atom stereocenters. The minimum Gasteiger partial charge on any atom is -0.313 e. The Kier molecular flexibility index (Phi) is 6.30. The Morgan fingerprint density at radius 2 is 1.94 bits per heavy atom. The summed E-state index contributed by atoms with van der Waals surface area (Å²) in [6.07, 6.45) is 1.10. The molecule has 1 rings (SSSR count). The topological polar surface area (TPSA) is 12.0 Å². The van der Waals surface area contributed by atoms with Crippen molar-refractivity contribution < 1.29 is 4.39 Å². The molecule has 1 N–H and O–H groups in total. The highest BCUT2D eigenvalue weighted by Crippen LogP contribution is 2.28. The first kappa shape index (κ1) is 15.6. The number of halogens is 2. The van der Waals surface area contributed by atoms with Crippen LogP contribution in [-0.4, -0.2) is 12.6 Å². The van der Waals surface area contributed by atoms with E-state index in [-0.39, 0.29) is 11.7 Å². The van der Waals surface area contributed by atoms with Crippen LogP contribution in [0.5, 0.6) is 0 Å². The summed E-state index contributed by atoms with van der Waals surface area (Å²) in [5, 5.41) is 3.53. The van der Waals surface area contributed by atoms with Crippen molar-refractivity contribution in [3.05, 3.63) is 34.1 Å². The Morgan fingerprint density at radius 1 is 1.28 bits per heavy atom. The van der Waals surface area contributed by atoms with Gasteiger partial charge in [-0.2, -0.15) is 0 Å². The molecule has 0 saturated heterocycles. The van der Waals surface area contributed by atoms with Gasteiger partial charge in [-0.05, 0) is 42.5 Å². The highest BCUT2D eigenvalue weighted by molar-refractivity contribution is 9.10. The van der Waals surface area contributed by atoms with Gasteiger partial charge in [-0.15, -0.1) is 0 Å². The molecule has 1 aromatic rings. The zero-order valence-electron chi connectivity index (χ0n) is 11.6. The van der Waals surface area contributed by atoms with Crippen molar-refractivity contribution in [1.82, 2.24) is 5.32 Å². The van der Waals surface area contributed by atoms with Crippen LogP contribution >= 0.6 is 15.9 Å². The van der Waals surface area contributed by atoms with E-state index in [1.807, 2.05) is 12.1 Å². The summed E-state index contributed by atoms with van der Waals surface area (Å²) in [6, 6.07) is 5.64. The van der Waals surface area contributed by atoms with E-state index < -0.39 is 0 Å². The molecule has 0 radical (unpaired) electrons. The highest BCUT2D eigenvalue weighted by Gasteiger charge is 2.23. The molecule has 0 fully saturated rings. The number of nitrogens with one attached hydrogen (secondary N) is 1. The molecule has 1 nitrogen and oxygen atoms in total. The van der Waals surface area contributed by atoms with Crippen LogP contribution in [0.25, 0.3) is 0 Å². The summed E-state index contributed by atoms with van der Waals surface area (Å²) in [7, 11) is 0. The molecule has 0 aromatic heterocycles. The summed E-state index contributed by atoms with van der Waals surface area (Å²) >= 11 is 3.30. The predicted molar refractivity (Wildman–Crippen MR) is 79.4 cm³/mol. The van der Waals surface area contributed by atoms with Crippen molar-refractivity contribution in [1.29, 1.82) is 0 Å². The van der Waals surface area contributed by atoms with E-state index >= 15 is 0 Å². The third kappa shape index (κ3) is 4.06. The second-order valence-corrected chi connectivity index (χ2v) is 6.09. The maximum atomic E-state index is 14.0. The maximum Gasteiger partial charge on any atom is 0.127 e. The molecule has 0 heterocycles.